The van der Waals surface area contributed by atoms with Gasteiger partial charge in [0.1, 0.15) is 0 Å². The van der Waals surface area contributed by atoms with Gasteiger partial charge in [-0.1, -0.05) is 24.8 Å². The third-order valence-corrected chi connectivity index (χ3v) is 8.86. The summed E-state index contributed by atoms with van der Waals surface area (Å²) in [6.45, 7) is 5.98. The second kappa shape index (κ2) is 9.09. The van der Waals surface area contributed by atoms with Crippen LogP contribution in [0.4, 0.5) is 5.69 Å². The van der Waals surface area contributed by atoms with Crippen LogP contribution in [0.15, 0.2) is 72.1 Å². The molecule has 1 saturated heterocycles. The minimum atomic E-state index is -3.67. The number of thiophene rings is 1. The number of nitrogens with one attached hydrogen (secondary N) is 2. The van der Waals surface area contributed by atoms with Crippen molar-refractivity contribution in [3.63, 3.8) is 0 Å². The number of sulfonamides is 1. The number of carbonyl (C=O) groups is 2. The summed E-state index contributed by atoms with van der Waals surface area (Å²) in [6.07, 6.45) is 2.24. The molecule has 2 aromatic carbocycles. The van der Waals surface area contributed by atoms with E-state index in [2.05, 4.69) is 17.2 Å². The van der Waals surface area contributed by atoms with E-state index in [1.807, 2.05) is 37.3 Å². The molecule has 1 aromatic heterocycles. The van der Waals surface area contributed by atoms with Crippen molar-refractivity contribution >= 4 is 48.9 Å². The Morgan fingerprint density at radius 2 is 1.76 bits per heavy atom. The van der Waals surface area contributed by atoms with Crippen LogP contribution < -0.4 is 10.6 Å². The Hall–Kier alpha value is -3.01. The number of anilines is 1. The Balaban J connectivity index is 1.41. The molecule has 2 amide bonds. The quantitative estimate of drug-likeness (QED) is 0.518. The van der Waals surface area contributed by atoms with E-state index in [1.54, 1.807) is 12.1 Å². The van der Waals surface area contributed by atoms with Crippen LogP contribution in [-0.2, 0) is 14.8 Å². The highest BCUT2D eigenvalue weighted by molar-refractivity contribution is 7.89. The summed E-state index contributed by atoms with van der Waals surface area (Å²) >= 11 is 1.41. The fraction of sp³-hybridized carbons (Fsp3) is 0.250. The Morgan fingerprint density at radius 3 is 2.39 bits per heavy atom. The monoisotopic (exact) mass is 483 g/mol. The molecule has 172 valence electrons. The maximum Gasteiger partial charge on any atom is 0.265 e. The van der Waals surface area contributed by atoms with Crippen molar-refractivity contribution in [1.82, 2.24) is 9.62 Å². The number of amides is 2. The number of piperidine rings is 1. The highest BCUT2D eigenvalue weighted by atomic mass is 32.2. The molecule has 4 rings (SSSR count). The fourth-order valence-corrected chi connectivity index (χ4v) is 6.24. The third kappa shape index (κ3) is 5.00. The van der Waals surface area contributed by atoms with E-state index >= 15 is 0 Å². The van der Waals surface area contributed by atoms with Gasteiger partial charge in [0.15, 0.2) is 0 Å². The largest absolute Gasteiger partial charge is 0.347 e. The molecule has 1 aliphatic rings. The number of fused-ring (bicyclic) bond motifs is 1. The van der Waals surface area contributed by atoms with Crippen LogP contribution in [0.5, 0.6) is 0 Å². The van der Waals surface area contributed by atoms with Gasteiger partial charge in [-0.05, 0) is 67.6 Å². The SMILES string of the molecule is C=CC(=O)NC1(C)CCN(S(=O)(=O)c2ccc(NC(=O)c3cc4ccccc4s3)cc2)CC1. The van der Waals surface area contributed by atoms with Crippen LogP contribution in [-0.4, -0.2) is 43.2 Å². The third-order valence-electron chi connectivity index (χ3n) is 5.84. The summed E-state index contributed by atoms with van der Waals surface area (Å²) < 4.78 is 28.6. The van der Waals surface area contributed by atoms with Gasteiger partial charge in [-0.3, -0.25) is 9.59 Å². The van der Waals surface area contributed by atoms with Gasteiger partial charge in [-0.2, -0.15) is 4.31 Å². The van der Waals surface area contributed by atoms with Gasteiger partial charge < -0.3 is 10.6 Å². The van der Waals surface area contributed by atoms with Gasteiger partial charge in [0.25, 0.3) is 5.91 Å². The van der Waals surface area contributed by atoms with E-state index in [-0.39, 0.29) is 16.7 Å². The van der Waals surface area contributed by atoms with E-state index in [1.165, 1.54) is 33.9 Å². The molecule has 2 N–H and O–H groups in total. The van der Waals surface area contributed by atoms with E-state index in [9.17, 15) is 18.0 Å². The van der Waals surface area contributed by atoms with Crippen molar-refractivity contribution in [1.29, 1.82) is 0 Å². The summed E-state index contributed by atoms with van der Waals surface area (Å²) in [7, 11) is -3.67. The molecule has 3 aromatic rings. The second-order valence-electron chi connectivity index (χ2n) is 8.29. The first-order valence-corrected chi connectivity index (χ1v) is 12.8. The molecular weight excluding hydrogens is 458 g/mol. The Labute approximate surface area is 197 Å². The smallest absolute Gasteiger partial charge is 0.265 e. The molecule has 1 fully saturated rings. The number of carbonyl (C=O) groups excluding carboxylic acids is 2. The molecule has 0 atom stereocenters. The van der Waals surface area contributed by atoms with E-state index in [0.29, 0.717) is 36.5 Å². The van der Waals surface area contributed by atoms with E-state index in [4.69, 9.17) is 0 Å². The average Bonchev–Trinajstić information content (AvgIpc) is 3.24. The average molecular weight is 484 g/mol. The summed E-state index contributed by atoms with van der Waals surface area (Å²) in [5.41, 5.74) is 0.0626. The standard InChI is InChI=1S/C24H25N3O4S2/c1-3-22(28)26-24(2)12-14-27(15-13-24)33(30,31)19-10-8-18(9-11-19)25-23(29)21-16-17-6-4-5-7-20(17)32-21/h3-11,16H,1,12-15H2,2H3,(H,25,29)(H,26,28). The van der Waals surface area contributed by atoms with Gasteiger partial charge in [0.2, 0.25) is 15.9 Å². The molecule has 33 heavy (non-hydrogen) atoms. The topological polar surface area (TPSA) is 95.6 Å². The van der Waals surface area contributed by atoms with Crippen molar-refractivity contribution in [3.8, 4) is 0 Å². The number of benzene rings is 2. The molecule has 0 bridgehead atoms. The van der Waals surface area contributed by atoms with Gasteiger partial charge in [0, 0.05) is 29.0 Å². The zero-order valence-electron chi connectivity index (χ0n) is 18.2. The predicted molar refractivity (Wildman–Crippen MR) is 131 cm³/mol. The van der Waals surface area contributed by atoms with E-state index < -0.39 is 15.6 Å². The lowest BCUT2D eigenvalue weighted by Gasteiger charge is -2.39. The molecule has 9 heteroatoms. The molecule has 0 radical (unpaired) electrons. The first-order chi connectivity index (χ1) is 15.7. The zero-order valence-corrected chi connectivity index (χ0v) is 19.8. The van der Waals surface area contributed by atoms with Gasteiger partial charge in [-0.15, -0.1) is 11.3 Å². The van der Waals surface area contributed by atoms with Crippen molar-refractivity contribution in [2.75, 3.05) is 18.4 Å². The zero-order chi connectivity index (χ0) is 23.6. The summed E-state index contributed by atoms with van der Waals surface area (Å²) in [6, 6.07) is 15.8. The first-order valence-electron chi connectivity index (χ1n) is 10.5. The van der Waals surface area contributed by atoms with Crippen LogP contribution in [0.3, 0.4) is 0 Å². The second-order valence-corrected chi connectivity index (χ2v) is 11.3. The molecule has 1 aliphatic heterocycles. The van der Waals surface area contributed by atoms with Gasteiger partial charge in [-0.25, -0.2) is 8.42 Å². The van der Waals surface area contributed by atoms with Crippen molar-refractivity contribution in [2.45, 2.75) is 30.2 Å². The number of nitrogens with zero attached hydrogens (tertiary/aromatic N) is 1. The summed E-state index contributed by atoms with van der Waals surface area (Å²) in [4.78, 5) is 25.0. The highest BCUT2D eigenvalue weighted by Gasteiger charge is 2.36. The van der Waals surface area contributed by atoms with Crippen molar-refractivity contribution in [2.24, 2.45) is 0 Å². The van der Waals surface area contributed by atoms with Crippen LogP contribution in [0.25, 0.3) is 10.1 Å². The lowest BCUT2D eigenvalue weighted by atomic mass is 9.90. The summed E-state index contributed by atoms with van der Waals surface area (Å²) in [5, 5.41) is 6.72. The summed E-state index contributed by atoms with van der Waals surface area (Å²) in [5.74, 6) is -0.495. The van der Waals surface area contributed by atoms with Crippen LogP contribution >= 0.6 is 11.3 Å². The minimum absolute atomic E-state index is 0.168. The Kier molecular flexibility index (Phi) is 6.38. The molecule has 0 aliphatic carbocycles. The maximum atomic E-state index is 13.1. The van der Waals surface area contributed by atoms with Crippen molar-refractivity contribution < 1.29 is 18.0 Å². The lowest BCUT2D eigenvalue weighted by molar-refractivity contribution is -0.118. The van der Waals surface area contributed by atoms with Crippen LogP contribution in [0, 0.1) is 0 Å². The molecule has 0 spiro atoms. The number of hydrogen-bond acceptors (Lipinski definition) is 5. The molecule has 0 saturated carbocycles. The van der Waals surface area contributed by atoms with Gasteiger partial charge in [0.05, 0.1) is 9.77 Å². The molecule has 7 nitrogen and oxygen atoms in total. The predicted octanol–water partition coefficient (Wildman–Crippen LogP) is 4.00. The Morgan fingerprint density at radius 1 is 1.09 bits per heavy atom. The van der Waals surface area contributed by atoms with Gasteiger partial charge >= 0.3 is 0 Å². The normalized spacial score (nSPS) is 16.3. The highest BCUT2D eigenvalue weighted by Crippen LogP contribution is 2.28. The van der Waals surface area contributed by atoms with E-state index in [0.717, 1.165) is 10.1 Å². The minimum Gasteiger partial charge on any atom is -0.347 e. The lowest BCUT2D eigenvalue weighted by Crippen LogP contribution is -2.53. The molecular formula is C24H25N3O4S2. The molecule has 0 unspecified atom stereocenters. The maximum absolute atomic E-state index is 13.1. The van der Waals surface area contributed by atoms with Crippen molar-refractivity contribution in [3.05, 3.63) is 72.1 Å². The fourth-order valence-electron chi connectivity index (χ4n) is 3.84. The van der Waals surface area contributed by atoms with Crippen LogP contribution in [0.2, 0.25) is 0 Å². The Bertz CT molecular complexity index is 1270. The first kappa shape index (κ1) is 23.2. The number of rotatable bonds is 6. The molecule has 2 heterocycles. The number of hydrogen-bond donors (Lipinski definition) is 2. The van der Waals surface area contributed by atoms with Crippen LogP contribution in [0.1, 0.15) is 29.4 Å².